The molecule has 2 aliphatic rings. The lowest BCUT2D eigenvalue weighted by atomic mass is 10.2. The lowest BCUT2D eigenvalue weighted by molar-refractivity contribution is -0.137. The number of urea groups is 1. The van der Waals surface area contributed by atoms with Crippen LogP contribution in [-0.2, 0) is 16.1 Å². The fourth-order valence-electron chi connectivity index (χ4n) is 3.05. The van der Waals surface area contributed by atoms with Crippen LogP contribution in [0.25, 0.3) is 0 Å². The number of carbonyl (C=O) groups is 3. The lowest BCUT2D eigenvalue weighted by Gasteiger charge is -2.21. The molecule has 4 amide bonds. The molecule has 23 heavy (non-hydrogen) atoms. The number of fused-ring (bicyclic) bond motifs is 1. The van der Waals surface area contributed by atoms with Crippen molar-refractivity contribution in [2.75, 3.05) is 20.1 Å². The zero-order valence-electron chi connectivity index (χ0n) is 12.9. The summed E-state index contributed by atoms with van der Waals surface area (Å²) in [5, 5.41) is 0. The summed E-state index contributed by atoms with van der Waals surface area (Å²) in [5.74, 6) is -1.09. The Morgan fingerprint density at radius 3 is 2.78 bits per heavy atom. The molecule has 1 aromatic carbocycles. The van der Waals surface area contributed by atoms with Crippen LogP contribution < -0.4 is 0 Å². The van der Waals surface area contributed by atoms with E-state index in [4.69, 9.17) is 0 Å². The SMILES string of the molecule is CN(Cc1ccccc1F)C(=O)CN1C(=O)C2CCCN2C1=O. The number of imide groups is 1. The van der Waals surface area contributed by atoms with Crippen LogP contribution in [-0.4, -0.2) is 58.7 Å². The molecule has 2 heterocycles. The van der Waals surface area contributed by atoms with Crippen molar-refractivity contribution >= 4 is 17.8 Å². The summed E-state index contributed by atoms with van der Waals surface area (Å²) in [7, 11) is 1.53. The standard InChI is InChI=1S/C16H18FN3O3/c1-18(9-11-5-2-3-6-12(11)17)14(21)10-20-15(22)13-7-4-8-19(13)16(20)23/h2-3,5-6,13H,4,7-10H2,1H3. The zero-order valence-corrected chi connectivity index (χ0v) is 12.9. The van der Waals surface area contributed by atoms with E-state index in [-0.39, 0.29) is 24.8 Å². The number of likely N-dealkylation sites (N-methyl/N-ethyl adjacent to an activating group) is 1. The molecule has 6 nitrogen and oxygen atoms in total. The van der Waals surface area contributed by atoms with Crippen molar-refractivity contribution in [2.24, 2.45) is 0 Å². The minimum absolute atomic E-state index is 0.0921. The highest BCUT2D eigenvalue weighted by atomic mass is 19.1. The van der Waals surface area contributed by atoms with Crippen molar-refractivity contribution in [3.05, 3.63) is 35.6 Å². The highest BCUT2D eigenvalue weighted by Gasteiger charge is 2.47. The van der Waals surface area contributed by atoms with Crippen LogP contribution in [0.15, 0.2) is 24.3 Å². The van der Waals surface area contributed by atoms with Gasteiger partial charge in [0.1, 0.15) is 18.4 Å². The monoisotopic (exact) mass is 319 g/mol. The van der Waals surface area contributed by atoms with E-state index in [0.717, 1.165) is 11.3 Å². The van der Waals surface area contributed by atoms with Gasteiger partial charge in [-0.1, -0.05) is 18.2 Å². The molecule has 0 radical (unpaired) electrons. The van der Waals surface area contributed by atoms with E-state index in [1.54, 1.807) is 18.2 Å². The molecule has 1 atom stereocenters. The van der Waals surface area contributed by atoms with Crippen molar-refractivity contribution in [3.63, 3.8) is 0 Å². The second-order valence-electron chi connectivity index (χ2n) is 5.90. The Morgan fingerprint density at radius 2 is 2.09 bits per heavy atom. The van der Waals surface area contributed by atoms with E-state index >= 15 is 0 Å². The summed E-state index contributed by atoms with van der Waals surface area (Å²) < 4.78 is 13.6. The number of halogens is 1. The van der Waals surface area contributed by atoms with Gasteiger partial charge in [0.05, 0.1) is 0 Å². The Hall–Kier alpha value is -2.44. The molecule has 0 aliphatic carbocycles. The normalized spacial score (nSPS) is 20.2. The third-order valence-electron chi connectivity index (χ3n) is 4.36. The van der Waals surface area contributed by atoms with E-state index in [0.29, 0.717) is 18.5 Å². The highest BCUT2D eigenvalue weighted by Crippen LogP contribution is 2.27. The van der Waals surface area contributed by atoms with Gasteiger partial charge in [0, 0.05) is 25.7 Å². The highest BCUT2D eigenvalue weighted by molar-refractivity contribution is 6.06. The average molecular weight is 319 g/mol. The van der Waals surface area contributed by atoms with Gasteiger partial charge in [-0.05, 0) is 18.9 Å². The molecule has 2 fully saturated rings. The largest absolute Gasteiger partial charge is 0.340 e. The predicted molar refractivity (Wildman–Crippen MR) is 79.7 cm³/mol. The van der Waals surface area contributed by atoms with Gasteiger partial charge in [-0.3, -0.25) is 14.5 Å². The maximum Gasteiger partial charge on any atom is 0.327 e. The molecule has 7 heteroatoms. The first-order chi connectivity index (χ1) is 11.0. The molecule has 0 bridgehead atoms. The molecule has 0 N–H and O–H groups in total. The smallest absolute Gasteiger partial charge is 0.327 e. The van der Waals surface area contributed by atoms with E-state index in [1.807, 2.05) is 0 Å². The summed E-state index contributed by atoms with van der Waals surface area (Å²) in [6, 6.07) is 5.39. The number of carbonyl (C=O) groups excluding carboxylic acids is 3. The van der Waals surface area contributed by atoms with Crippen molar-refractivity contribution in [1.82, 2.24) is 14.7 Å². The molecule has 0 saturated carbocycles. The van der Waals surface area contributed by atoms with Gasteiger partial charge in [0.15, 0.2) is 0 Å². The molecular weight excluding hydrogens is 301 g/mol. The number of amides is 4. The first-order valence-corrected chi connectivity index (χ1v) is 7.58. The number of nitrogens with zero attached hydrogens (tertiary/aromatic N) is 3. The van der Waals surface area contributed by atoms with E-state index in [2.05, 4.69) is 0 Å². The van der Waals surface area contributed by atoms with Gasteiger partial charge in [0.2, 0.25) is 5.91 Å². The summed E-state index contributed by atoms with van der Waals surface area (Å²) in [5.41, 5.74) is 0.392. The summed E-state index contributed by atoms with van der Waals surface area (Å²) in [6.07, 6.45) is 1.47. The Labute approximate surface area is 133 Å². The molecule has 122 valence electrons. The number of hydrogen-bond acceptors (Lipinski definition) is 3. The van der Waals surface area contributed by atoms with Gasteiger partial charge in [-0.2, -0.15) is 0 Å². The molecule has 1 unspecified atom stereocenters. The van der Waals surface area contributed by atoms with E-state index in [9.17, 15) is 18.8 Å². The van der Waals surface area contributed by atoms with Crippen LogP contribution in [0.1, 0.15) is 18.4 Å². The van der Waals surface area contributed by atoms with Crippen molar-refractivity contribution < 1.29 is 18.8 Å². The molecular formula is C16H18FN3O3. The van der Waals surface area contributed by atoms with Gasteiger partial charge in [-0.15, -0.1) is 0 Å². The van der Waals surface area contributed by atoms with Crippen LogP contribution in [0.3, 0.4) is 0 Å². The molecule has 0 spiro atoms. The quantitative estimate of drug-likeness (QED) is 0.784. The third-order valence-corrected chi connectivity index (χ3v) is 4.36. The zero-order chi connectivity index (χ0) is 16.6. The molecule has 0 aromatic heterocycles. The van der Waals surface area contributed by atoms with Crippen LogP contribution in [0.5, 0.6) is 0 Å². The van der Waals surface area contributed by atoms with Gasteiger partial charge < -0.3 is 9.80 Å². The molecule has 3 rings (SSSR count). The lowest BCUT2D eigenvalue weighted by Crippen LogP contribution is -2.42. The molecule has 2 aliphatic heterocycles. The van der Waals surface area contributed by atoms with Crippen LogP contribution in [0, 0.1) is 5.82 Å². The fraction of sp³-hybridized carbons (Fsp3) is 0.438. The maximum absolute atomic E-state index is 13.6. The Kier molecular flexibility index (Phi) is 4.02. The maximum atomic E-state index is 13.6. The van der Waals surface area contributed by atoms with Crippen LogP contribution >= 0.6 is 0 Å². The molecule has 2 saturated heterocycles. The predicted octanol–water partition coefficient (Wildman–Crippen LogP) is 1.21. The van der Waals surface area contributed by atoms with Gasteiger partial charge >= 0.3 is 6.03 Å². The Bertz CT molecular complexity index is 642. The Morgan fingerprint density at radius 1 is 1.35 bits per heavy atom. The van der Waals surface area contributed by atoms with Gasteiger partial charge in [-0.25, -0.2) is 9.18 Å². The Balaban J connectivity index is 1.64. The minimum atomic E-state index is -0.410. The van der Waals surface area contributed by atoms with E-state index in [1.165, 1.54) is 22.9 Å². The second-order valence-corrected chi connectivity index (χ2v) is 5.90. The molecule has 1 aromatic rings. The van der Waals surface area contributed by atoms with Crippen molar-refractivity contribution in [1.29, 1.82) is 0 Å². The third kappa shape index (κ3) is 2.78. The van der Waals surface area contributed by atoms with Crippen molar-refractivity contribution in [3.8, 4) is 0 Å². The topological polar surface area (TPSA) is 60.9 Å². The summed E-state index contributed by atoms with van der Waals surface area (Å²) in [4.78, 5) is 40.5. The van der Waals surface area contributed by atoms with Crippen LogP contribution in [0.2, 0.25) is 0 Å². The fourth-order valence-corrected chi connectivity index (χ4v) is 3.05. The second kappa shape index (κ2) is 5.98. The number of benzene rings is 1. The van der Waals surface area contributed by atoms with Gasteiger partial charge in [0.25, 0.3) is 5.91 Å². The number of hydrogen-bond donors (Lipinski definition) is 0. The van der Waals surface area contributed by atoms with E-state index < -0.39 is 18.0 Å². The van der Waals surface area contributed by atoms with Crippen molar-refractivity contribution in [2.45, 2.75) is 25.4 Å². The number of rotatable bonds is 4. The summed E-state index contributed by atoms with van der Waals surface area (Å²) >= 11 is 0. The first kappa shape index (κ1) is 15.5. The minimum Gasteiger partial charge on any atom is -0.340 e. The van der Waals surface area contributed by atoms with Crippen LogP contribution in [0.4, 0.5) is 9.18 Å². The summed E-state index contributed by atoms with van der Waals surface area (Å²) in [6.45, 7) is 0.357. The average Bonchev–Trinajstić information content (AvgIpc) is 3.09. The first-order valence-electron chi connectivity index (χ1n) is 7.58.